The van der Waals surface area contributed by atoms with Gasteiger partial charge in [-0.3, -0.25) is 4.79 Å². The fraction of sp³-hybridized carbons (Fsp3) is 0.938. The lowest BCUT2D eigenvalue weighted by molar-refractivity contribution is -0.129. The van der Waals surface area contributed by atoms with E-state index in [1.54, 1.807) is 0 Å². The molecule has 2 rings (SSSR count). The molecule has 1 amide bonds. The minimum absolute atomic E-state index is 0.293. The fourth-order valence-corrected chi connectivity index (χ4v) is 4.07. The zero-order valence-corrected chi connectivity index (χ0v) is 13.4. The third-order valence-corrected chi connectivity index (χ3v) is 5.88. The van der Waals surface area contributed by atoms with E-state index in [4.69, 9.17) is 0 Å². The second kappa shape index (κ2) is 6.51. The molecular weight excluding hydrogens is 254 g/mol. The molecule has 0 aromatic heterocycles. The lowest BCUT2D eigenvalue weighted by Crippen LogP contribution is -2.40. The Hall–Kier alpha value is -0.180. The van der Waals surface area contributed by atoms with E-state index in [0.717, 1.165) is 25.3 Å². The molecular formula is C16H29NOS. The summed E-state index contributed by atoms with van der Waals surface area (Å²) in [6.45, 7) is 6.41. The van der Waals surface area contributed by atoms with Gasteiger partial charge in [-0.2, -0.15) is 12.6 Å². The van der Waals surface area contributed by atoms with E-state index in [1.165, 1.54) is 38.5 Å². The Bertz CT molecular complexity index is 308. The van der Waals surface area contributed by atoms with Gasteiger partial charge < -0.3 is 4.90 Å². The number of likely N-dealkylation sites (tertiary alicyclic amines) is 1. The van der Waals surface area contributed by atoms with Gasteiger partial charge in [-0.25, -0.2) is 0 Å². The molecule has 0 aromatic rings. The Morgan fingerprint density at radius 3 is 2.37 bits per heavy atom. The van der Waals surface area contributed by atoms with Crippen LogP contribution >= 0.6 is 12.6 Å². The number of hydrogen-bond donors (Lipinski definition) is 1. The smallest absolute Gasteiger partial charge is 0.222 e. The van der Waals surface area contributed by atoms with Crippen LogP contribution in [-0.4, -0.2) is 29.6 Å². The molecule has 2 aliphatic rings. The second-order valence-corrected chi connectivity index (χ2v) is 7.37. The summed E-state index contributed by atoms with van der Waals surface area (Å²) in [4.78, 5) is 14.4. The van der Waals surface area contributed by atoms with Gasteiger partial charge in [0.15, 0.2) is 0 Å². The lowest BCUT2D eigenvalue weighted by atomic mass is 9.81. The Kier molecular flexibility index (Phi) is 5.22. The maximum atomic E-state index is 12.2. The molecule has 1 aliphatic carbocycles. The van der Waals surface area contributed by atoms with Crippen molar-refractivity contribution in [3.8, 4) is 0 Å². The average Bonchev–Trinajstić information content (AvgIpc) is 2.62. The maximum Gasteiger partial charge on any atom is 0.222 e. The molecule has 0 N–H and O–H groups in total. The number of hydrogen-bond acceptors (Lipinski definition) is 2. The Morgan fingerprint density at radius 2 is 1.89 bits per heavy atom. The predicted octanol–water partition coefficient (Wildman–Crippen LogP) is 3.76. The highest BCUT2D eigenvalue weighted by Crippen LogP contribution is 2.38. The quantitative estimate of drug-likeness (QED) is 0.615. The van der Waals surface area contributed by atoms with Gasteiger partial charge in [-0.15, -0.1) is 0 Å². The molecule has 3 heteroatoms. The van der Waals surface area contributed by atoms with E-state index >= 15 is 0 Å². The minimum Gasteiger partial charge on any atom is -0.342 e. The summed E-state index contributed by atoms with van der Waals surface area (Å²) < 4.78 is 0. The summed E-state index contributed by atoms with van der Waals surface area (Å²) in [5.41, 5.74) is 0.293. The average molecular weight is 283 g/mol. The number of amides is 1. The van der Waals surface area contributed by atoms with Crippen molar-refractivity contribution < 1.29 is 4.79 Å². The monoisotopic (exact) mass is 283 g/mol. The maximum absolute atomic E-state index is 12.2. The summed E-state index contributed by atoms with van der Waals surface area (Å²) in [6, 6.07) is 0. The van der Waals surface area contributed by atoms with Crippen LogP contribution in [0.25, 0.3) is 0 Å². The second-order valence-electron chi connectivity index (χ2n) is 7.05. The van der Waals surface area contributed by atoms with Gasteiger partial charge in [0.2, 0.25) is 5.91 Å². The van der Waals surface area contributed by atoms with Crippen molar-refractivity contribution in [1.29, 1.82) is 0 Å². The van der Waals surface area contributed by atoms with E-state index < -0.39 is 0 Å². The van der Waals surface area contributed by atoms with E-state index in [0.29, 0.717) is 23.2 Å². The molecule has 2 nitrogen and oxygen atoms in total. The normalized spacial score (nSPS) is 27.9. The topological polar surface area (TPSA) is 20.3 Å². The summed E-state index contributed by atoms with van der Waals surface area (Å²) in [5.74, 6) is 2.50. The van der Waals surface area contributed by atoms with Gasteiger partial charge in [-0.05, 0) is 35.8 Å². The Labute approximate surface area is 123 Å². The molecule has 1 unspecified atom stereocenters. The molecule has 19 heavy (non-hydrogen) atoms. The van der Waals surface area contributed by atoms with Crippen molar-refractivity contribution in [1.82, 2.24) is 4.90 Å². The first-order chi connectivity index (χ1) is 9.06. The number of rotatable bonds is 4. The van der Waals surface area contributed by atoms with Crippen molar-refractivity contribution in [2.75, 3.05) is 18.8 Å². The minimum atomic E-state index is 0.293. The van der Waals surface area contributed by atoms with Crippen LogP contribution in [-0.2, 0) is 4.79 Å². The highest BCUT2D eigenvalue weighted by atomic mass is 32.1. The molecule has 2 fully saturated rings. The van der Waals surface area contributed by atoms with Gasteiger partial charge >= 0.3 is 0 Å². The first-order valence-electron chi connectivity index (χ1n) is 7.95. The van der Waals surface area contributed by atoms with E-state index in [2.05, 4.69) is 31.4 Å². The summed E-state index contributed by atoms with van der Waals surface area (Å²) in [5, 5.41) is 0. The third kappa shape index (κ3) is 3.68. The van der Waals surface area contributed by atoms with Crippen LogP contribution < -0.4 is 0 Å². The Balaban J connectivity index is 1.99. The zero-order chi connectivity index (χ0) is 13.9. The van der Waals surface area contributed by atoms with Crippen LogP contribution in [0.15, 0.2) is 0 Å². The molecule has 0 spiro atoms. The van der Waals surface area contributed by atoms with E-state index in [-0.39, 0.29) is 0 Å². The van der Waals surface area contributed by atoms with Crippen LogP contribution in [0, 0.1) is 17.3 Å². The standard InChI is InChI=1S/C16H29NOS/c1-13(2)14-9-15(18)17(10-14)11-16(12-19)7-5-3-4-6-8-16/h13-14,19H,3-12H2,1-2H3. The number of carbonyl (C=O) groups is 1. The number of thiol groups is 1. The predicted molar refractivity (Wildman–Crippen MR) is 83.5 cm³/mol. The molecule has 1 atom stereocenters. The SMILES string of the molecule is CC(C)C1CC(=O)N(CC2(CS)CCCCCC2)C1. The summed E-state index contributed by atoms with van der Waals surface area (Å²) in [7, 11) is 0. The van der Waals surface area contributed by atoms with Gasteiger partial charge in [0, 0.05) is 19.5 Å². The number of carbonyl (C=O) groups excluding carboxylic acids is 1. The first-order valence-corrected chi connectivity index (χ1v) is 8.58. The highest BCUT2D eigenvalue weighted by Gasteiger charge is 2.38. The Morgan fingerprint density at radius 1 is 1.26 bits per heavy atom. The van der Waals surface area contributed by atoms with Gasteiger partial charge in [0.1, 0.15) is 0 Å². The van der Waals surface area contributed by atoms with Crippen LogP contribution in [0.2, 0.25) is 0 Å². The molecule has 0 radical (unpaired) electrons. The van der Waals surface area contributed by atoms with Crippen LogP contribution in [0.5, 0.6) is 0 Å². The highest BCUT2D eigenvalue weighted by molar-refractivity contribution is 7.80. The van der Waals surface area contributed by atoms with Crippen LogP contribution in [0.3, 0.4) is 0 Å². The van der Waals surface area contributed by atoms with Gasteiger partial charge in [0.25, 0.3) is 0 Å². The van der Waals surface area contributed by atoms with Crippen molar-refractivity contribution in [3.05, 3.63) is 0 Å². The van der Waals surface area contributed by atoms with Crippen molar-refractivity contribution in [2.24, 2.45) is 17.3 Å². The van der Waals surface area contributed by atoms with E-state index in [1.807, 2.05) is 0 Å². The largest absolute Gasteiger partial charge is 0.342 e. The molecule has 1 saturated carbocycles. The molecule has 0 aromatic carbocycles. The van der Waals surface area contributed by atoms with Crippen molar-refractivity contribution >= 4 is 18.5 Å². The molecule has 1 heterocycles. The lowest BCUT2D eigenvalue weighted by Gasteiger charge is -2.35. The van der Waals surface area contributed by atoms with E-state index in [9.17, 15) is 4.79 Å². The molecule has 1 saturated heterocycles. The zero-order valence-electron chi connectivity index (χ0n) is 12.5. The molecule has 1 aliphatic heterocycles. The fourth-order valence-electron chi connectivity index (χ4n) is 3.65. The van der Waals surface area contributed by atoms with Gasteiger partial charge in [0.05, 0.1) is 0 Å². The van der Waals surface area contributed by atoms with Crippen molar-refractivity contribution in [2.45, 2.75) is 58.8 Å². The van der Waals surface area contributed by atoms with Crippen LogP contribution in [0.1, 0.15) is 58.8 Å². The van der Waals surface area contributed by atoms with Crippen LogP contribution in [0.4, 0.5) is 0 Å². The summed E-state index contributed by atoms with van der Waals surface area (Å²) in [6.07, 6.45) is 8.63. The first kappa shape index (κ1) is 15.2. The summed E-state index contributed by atoms with van der Waals surface area (Å²) >= 11 is 4.62. The van der Waals surface area contributed by atoms with Gasteiger partial charge in [-0.1, -0.05) is 39.5 Å². The number of nitrogens with zero attached hydrogens (tertiary/aromatic N) is 1. The molecule has 0 bridgehead atoms. The third-order valence-electron chi connectivity index (χ3n) is 5.21. The molecule has 110 valence electrons. The van der Waals surface area contributed by atoms with Crippen molar-refractivity contribution in [3.63, 3.8) is 0 Å².